The molecule has 0 aromatic rings. The molecular weight excluding hydrogens is 364 g/mol. The summed E-state index contributed by atoms with van der Waals surface area (Å²) in [5.74, 6) is -4.11. The summed E-state index contributed by atoms with van der Waals surface area (Å²) in [6, 6.07) is 0. The lowest BCUT2D eigenvalue weighted by Crippen LogP contribution is -2.14. The standard InChI is InChI=1S/C25H48O4/c1-5-9-16-22(7-3)20-28-24(26)18-14-12-11-13-15-19-25(27)29-21-23(8-4)17-10-6-2/h22-23H,5-21H2,1-4H3/i11D2,12D2,13D2,14D2,15D2,18D2,19D2. The van der Waals surface area contributed by atoms with Crippen molar-refractivity contribution in [3.05, 3.63) is 0 Å². The number of esters is 2. The second kappa shape index (κ2) is 20.2. The number of hydrogen-bond donors (Lipinski definition) is 0. The van der Waals surface area contributed by atoms with Gasteiger partial charge in [0.2, 0.25) is 0 Å². The van der Waals surface area contributed by atoms with E-state index in [0.717, 1.165) is 25.7 Å². The maximum atomic E-state index is 12.7. The molecule has 4 nitrogen and oxygen atoms in total. The van der Waals surface area contributed by atoms with Crippen molar-refractivity contribution in [2.75, 3.05) is 13.2 Å². The van der Waals surface area contributed by atoms with E-state index in [-0.39, 0.29) is 25.0 Å². The molecule has 0 aromatic carbocycles. The van der Waals surface area contributed by atoms with Gasteiger partial charge in [-0.25, -0.2) is 0 Å². The molecule has 0 heterocycles. The fourth-order valence-corrected chi connectivity index (χ4v) is 2.51. The van der Waals surface area contributed by atoms with Crippen molar-refractivity contribution in [2.24, 2.45) is 11.8 Å². The van der Waals surface area contributed by atoms with Gasteiger partial charge in [0.15, 0.2) is 0 Å². The lowest BCUT2D eigenvalue weighted by molar-refractivity contribution is -0.146. The maximum absolute atomic E-state index is 12.7. The minimum absolute atomic E-state index is 0.198. The van der Waals surface area contributed by atoms with Crippen LogP contribution in [0.25, 0.3) is 0 Å². The van der Waals surface area contributed by atoms with E-state index in [1.807, 2.05) is 13.8 Å². The van der Waals surface area contributed by atoms with E-state index in [1.165, 1.54) is 0 Å². The first kappa shape index (κ1) is 12.1. The van der Waals surface area contributed by atoms with Gasteiger partial charge in [0.05, 0.1) is 13.2 Å². The SMILES string of the molecule is [2H]C([2H])(C(=O)OCC(CC)CCCC)C([2H])([2H])C([2H])([2H])C([2H])([2H])C([2H])([2H])C([2H])([2H])C([2H])([2H])C(=O)OCC(CC)CCCC. The summed E-state index contributed by atoms with van der Waals surface area (Å²) in [5, 5.41) is 0. The first-order valence-corrected chi connectivity index (χ1v) is 10.7. The quantitative estimate of drug-likeness (QED) is 0.193. The Bertz CT molecular complexity index is 838. The summed E-state index contributed by atoms with van der Waals surface area (Å²) >= 11 is 0. The second-order valence-electron chi connectivity index (χ2n) is 6.90. The summed E-state index contributed by atoms with van der Waals surface area (Å²) in [6.07, 6.45) is -23.5. The summed E-state index contributed by atoms with van der Waals surface area (Å²) in [5.41, 5.74) is 0. The zero-order chi connectivity index (χ0) is 34.3. The third-order valence-corrected chi connectivity index (χ3v) is 4.57. The Labute approximate surface area is 200 Å². The van der Waals surface area contributed by atoms with Crippen LogP contribution in [0.3, 0.4) is 0 Å². The molecule has 0 spiro atoms. The Balaban J connectivity index is 6.29. The van der Waals surface area contributed by atoms with Crippen molar-refractivity contribution in [3.63, 3.8) is 0 Å². The Kier molecular flexibility index (Phi) is 8.44. The molecule has 0 aliphatic carbocycles. The Morgan fingerprint density at radius 1 is 0.690 bits per heavy atom. The summed E-state index contributed by atoms with van der Waals surface area (Å²) < 4.78 is 124. The van der Waals surface area contributed by atoms with E-state index < -0.39 is 56.5 Å². The molecule has 2 atom stereocenters. The molecule has 0 radical (unpaired) electrons. The highest BCUT2D eigenvalue weighted by Gasteiger charge is 2.11. The Morgan fingerprint density at radius 3 is 1.41 bits per heavy atom. The molecule has 29 heavy (non-hydrogen) atoms. The zero-order valence-electron chi connectivity index (χ0n) is 32.4. The van der Waals surface area contributed by atoms with E-state index in [9.17, 15) is 9.59 Å². The highest BCUT2D eigenvalue weighted by atomic mass is 16.5. The van der Waals surface area contributed by atoms with Gasteiger partial charge in [-0.2, -0.15) is 0 Å². The summed E-state index contributed by atoms with van der Waals surface area (Å²) in [7, 11) is 0. The number of hydrogen-bond acceptors (Lipinski definition) is 4. The molecule has 0 N–H and O–H groups in total. The predicted molar refractivity (Wildman–Crippen MR) is 121 cm³/mol. The third-order valence-electron chi connectivity index (χ3n) is 4.57. The number of carbonyl (C=O) groups excluding carboxylic acids is 2. The number of ether oxygens (including phenoxy) is 2. The van der Waals surface area contributed by atoms with Crippen LogP contribution in [-0.4, -0.2) is 25.2 Å². The van der Waals surface area contributed by atoms with E-state index in [4.69, 9.17) is 28.7 Å². The zero-order valence-corrected chi connectivity index (χ0v) is 18.4. The topological polar surface area (TPSA) is 52.6 Å². The van der Waals surface area contributed by atoms with Crippen LogP contribution >= 0.6 is 0 Å². The molecule has 4 heteroatoms. The molecule has 0 amide bonds. The van der Waals surface area contributed by atoms with Gasteiger partial charge in [0, 0.05) is 31.9 Å². The van der Waals surface area contributed by atoms with E-state index in [2.05, 4.69) is 0 Å². The van der Waals surface area contributed by atoms with Gasteiger partial charge in [-0.1, -0.05) is 85.3 Å². The predicted octanol–water partition coefficient (Wildman–Crippen LogP) is 7.24. The van der Waals surface area contributed by atoms with Crippen LogP contribution in [0.15, 0.2) is 0 Å². The fraction of sp³-hybridized carbons (Fsp3) is 0.920. The van der Waals surface area contributed by atoms with Crippen LogP contribution < -0.4 is 0 Å². The number of rotatable bonds is 20. The molecule has 0 aromatic heterocycles. The Morgan fingerprint density at radius 2 is 1.07 bits per heavy atom. The molecule has 0 fully saturated rings. The first-order valence-electron chi connectivity index (χ1n) is 17.7. The molecule has 0 bridgehead atoms. The van der Waals surface area contributed by atoms with Gasteiger partial charge in [0.1, 0.15) is 0 Å². The van der Waals surface area contributed by atoms with Gasteiger partial charge in [0.25, 0.3) is 0 Å². The second-order valence-corrected chi connectivity index (χ2v) is 6.90. The van der Waals surface area contributed by atoms with Crippen LogP contribution in [0.2, 0.25) is 0 Å². The third kappa shape index (κ3) is 17.5. The molecule has 2 unspecified atom stereocenters. The van der Waals surface area contributed by atoms with Crippen molar-refractivity contribution >= 4 is 11.9 Å². The monoisotopic (exact) mass is 426 g/mol. The average molecular weight is 427 g/mol. The molecule has 0 rings (SSSR count). The highest BCUT2D eigenvalue weighted by molar-refractivity contribution is 5.69. The van der Waals surface area contributed by atoms with E-state index >= 15 is 0 Å². The molecule has 0 aliphatic rings. The van der Waals surface area contributed by atoms with Gasteiger partial charge in [-0.15, -0.1) is 0 Å². The minimum Gasteiger partial charge on any atom is -0.465 e. The molecular formula is C25H48O4. The van der Waals surface area contributed by atoms with Crippen LogP contribution in [0, 0.1) is 11.8 Å². The van der Waals surface area contributed by atoms with Gasteiger partial charge in [-0.3, -0.25) is 9.59 Å². The van der Waals surface area contributed by atoms with Crippen molar-refractivity contribution in [2.45, 2.75) is 124 Å². The molecule has 0 saturated carbocycles. The van der Waals surface area contributed by atoms with Crippen molar-refractivity contribution < 1.29 is 38.3 Å². The number of carbonyl (C=O) groups is 2. The summed E-state index contributed by atoms with van der Waals surface area (Å²) in [6.45, 7) is 6.85. The minimum atomic E-state index is -4.37. The normalized spacial score (nSPS) is 23.7. The average Bonchev–Trinajstić information content (AvgIpc) is 2.91. The molecule has 0 saturated heterocycles. The van der Waals surface area contributed by atoms with E-state index in [0.29, 0.717) is 25.7 Å². The largest absolute Gasteiger partial charge is 0.465 e. The lowest BCUT2D eigenvalue weighted by atomic mass is 10.0. The Hall–Kier alpha value is -1.06. The molecule has 0 aliphatic heterocycles. The van der Waals surface area contributed by atoms with Crippen LogP contribution in [0.4, 0.5) is 0 Å². The fourth-order valence-electron chi connectivity index (χ4n) is 2.51. The first-order chi connectivity index (χ1) is 19.3. The van der Waals surface area contributed by atoms with Crippen LogP contribution in [0.1, 0.15) is 143 Å². The smallest absolute Gasteiger partial charge is 0.305 e. The van der Waals surface area contributed by atoms with Gasteiger partial charge >= 0.3 is 11.9 Å². The lowest BCUT2D eigenvalue weighted by Gasteiger charge is -2.14. The van der Waals surface area contributed by atoms with E-state index in [1.54, 1.807) is 13.8 Å². The van der Waals surface area contributed by atoms with Crippen LogP contribution in [-0.2, 0) is 19.1 Å². The van der Waals surface area contributed by atoms with Gasteiger partial charge in [-0.05, 0) is 37.4 Å². The van der Waals surface area contributed by atoms with Crippen molar-refractivity contribution in [3.8, 4) is 0 Å². The van der Waals surface area contributed by atoms with Crippen molar-refractivity contribution in [1.82, 2.24) is 0 Å². The molecule has 172 valence electrons. The van der Waals surface area contributed by atoms with Gasteiger partial charge < -0.3 is 9.47 Å². The summed E-state index contributed by atoms with van der Waals surface area (Å²) in [4.78, 5) is 25.4. The van der Waals surface area contributed by atoms with Crippen LogP contribution in [0.5, 0.6) is 0 Å². The number of unbranched alkanes of at least 4 members (excludes halogenated alkanes) is 2. The maximum Gasteiger partial charge on any atom is 0.305 e. The highest BCUT2D eigenvalue weighted by Crippen LogP contribution is 2.15. The van der Waals surface area contributed by atoms with Crippen molar-refractivity contribution in [1.29, 1.82) is 0 Å².